The van der Waals surface area contributed by atoms with Gasteiger partial charge in [-0.3, -0.25) is 4.55 Å². The molecule has 1 amide bonds. The van der Waals surface area contributed by atoms with Crippen LogP contribution in [0.1, 0.15) is 97.3 Å². The first-order chi connectivity index (χ1) is 11.8. The Morgan fingerprint density at radius 2 is 1.46 bits per heavy atom. The number of hydrogen-bond acceptors (Lipinski definition) is 4. The van der Waals surface area contributed by atoms with Gasteiger partial charge in [-0.1, -0.05) is 71.1 Å². The monoisotopic (exact) mass is 401 g/mol. The van der Waals surface area contributed by atoms with Gasteiger partial charge in [0.15, 0.2) is 0 Å². The zero-order valence-electron chi connectivity index (χ0n) is 16.9. The van der Waals surface area contributed by atoms with Crippen LogP contribution in [0.5, 0.6) is 0 Å². The van der Waals surface area contributed by atoms with E-state index in [0.29, 0.717) is 19.4 Å². The Morgan fingerprint density at radius 1 is 0.962 bits per heavy atom. The molecule has 0 fully saturated rings. The van der Waals surface area contributed by atoms with E-state index in [4.69, 9.17) is 4.55 Å². The largest absolute Gasteiger partial charge is 1.00 e. The Bertz CT molecular complexity index is 431. The van der Waals surface area contributed by atoms with Crippen molar-refractivity contribution in [1.29, 1.82) is 0 Å². The van der Waals surface area contributed by atoms with Gasteiger partial charge in [-0.2, -0.15) is 8.42 Å². The number of carbonyl (C=O) groups is 1. The normalized spacial score (nSPS) is 12.4. The zero-order valence-corrected chi connectivity index (χ0v) is 19.7. The molecule has 8 heteroatoms. The number of carbonyl (C=O) groups excluding carboxylic acids is 1. The zero-order chi connectivity index (χ0) is 19.0. The molecule has 0 bridgehead atoms. The summed E-state index contributed by atoms with van der Waals surface area (Å²) in [5.74, 6) is -0.144. The molecule has 0 aliphatic heterocycles. The number of amides is 1. The van der Waals surface area contributed by atoms with Crippen molar-refractivity contribution >= 4 is 16.3 Å². The smallest absolute Gasteiger partial charge is 0.653 e. The topological polar surface area (TPSA) is 94.8 Å². The van der Waals surface area contributed by atoms with Gasteiger partial charge >= 0.3 is 40.0 Å². The van der Waals surface area contributed by atoms with Gasteiger partial charge in [0.1, 0.15) is 0 Å². The van der Waals surface area contributed by atoms with Crippen molar-refractivity contribution in [2.45, 2.75) is 103 Å². The van der Waals surface area contributed by atoms with E-state index in [1.54, 1.807) is 6.92 Å². The molecule has 0 aromatic carbocycles. The van der Waals surface area contributed by atoms with Gasteiger partial charge in [0.2, 0.25) is 0 Å². The summed E-state index contributed by atoms with van der Waals surface area (Å²) in [5.41, 5.74) is 0. The summed E-state index contributed by atoms with van der Waals surface area (Å²) in [5, 5.41) is 4.02. The molecule has 0 aliphatic carbocycles. The molecule has 1 N–H and O–H groups in total. The molecule has 0 aromatic heterocycles. The van der Waals surface area contributed by atoms with Crippen LogP contribution in [0.4, 0.5) is 0 Å². The third kappa shape index (κ3) is 22.4. The van der Waals surface area contributed by atoms with Gasteiger partial charge in [-0.25, -0.2) is 4.18 Å². The van der Waals surface area contributed by atoms with E-state index in [1.165, 1.54) is 51.4 Å². The minimum atomic E-state index is -4.42. The third-order valence-electron chi connectivity index (χ3n) is 4.09. The Hall–Kier alpha value is 0.340. The second kappa shape index (κ2) is 18.7. The maximum atomic E-state index is 11.6. The van der Waals surface area contributed by atoms with Crippen molar-refractivity contribution in [3.63, 3.8) is 0 Å². The van der Waals surface area contributed by atoms with E-state index < -0.39 is 16.5 Å². The summed E-state index contributed by atoms with van der Waals surface area (Å²) in [6.07, 6.45) is 13.1. The van der Waals surface area contributed by atoms with Crippen LogP contribution in [0.3, 0.4) is 0 Å². The van der Waals surface area contributed by atoms with Crippen LogP contribution >= 0.6 is 0 Å². The number of nitrogens with zero attached hydrogens (tertiary/aromatic N) is 1. The fourth-order valence-electron chi connectivity index (χ4n) is 2.68. The summed E-state index contributed by atoms with van der Waals surface area (Å²) < 4.78 is 33.9. The molecular formula is C18H36NNaO5S. The van der Waals surface area contributed by atoms with E-state index in [1.807, 2.05) is 0 Å². The Morgan fingerprint density at radius 3 is 1.96 bits per heavy atom. The Balaban J connectivity index is 0. The van der Waals surface area contributed by atoms with Gasteiger partial charge in [-0.15, -0.1) is 6.54 Å². The van der Waals surface area contributed by atoms with Gasteiger partial charge in [0.05, 0.1) is 12.0 Å². The summed E-state index contributed by atoms with van der Waals surface area (Å²) in [6.45, 7) is 4.35. The van der Waals surface area contributed by atoms with E-state index in [9.17, 15) is 13.2 Å². The predicted molar refractivity (Wildman–Crippen MR) is 101 cm³/mol. The summed E-state index contributed by atoms with van der Waals surface area (Å²) in [6, 6.07) is 0. The average molecular weight is 402 g/mol. The second-order valence-electron chi connectivity index (χ2n) is 6.68. The molecule has 0 saturated heterocycles. The average Bonchev–Trinajstić information content (AvgIpc) is 2.51. The minimum Gasteiger partial charge on any atom is -0.653 e. The number of hydrogen-bond donors (Lipinski definition) is 1. The Kier molecular flexibility index (Phi) is 20.5. The van der Waals surface area contributed by atoms with Crippen molar-refractivity contribution in [1.82, 2.24) is 0 Å². The third-order valence-corrected chi connectivity index (χ3v) is 4.66. The fourth-order valence-corrected chi connectivity index (χ4v) is 3.19. The molecule has 0 spiro atoms. The van der Waals surface area contributed by atoms with E-state index in [2.05, 4.69) is 16.4 Å². The molecule has 1 unspecified atom stereocenters. The molecule has 6 nitrogen and oxygen atoms in total. The molecule has 0 aromatic rings. The standard InChI is InChI=1S/C18H37NO5S.Na/c1-3-4-5-6-7-8-9-10-11-12-16-19-18(20)15-13-14-17(2)24-25(21,22)23;/h17H,3-16H2,1-2H3,(H2,19,20,21,22,23);/q;+1/p-1. The van der Waals surface area contributed by atoms with Crippen molar-refractivity contribution in [2.75, 3.05) is 6.54 Å². The maximum Gasteiger partial charge on any atom is 1.00 e. The fraction of sp³-hybridized carbons (Fsp3) is 0.944. The molecule has 1 atom stereocenters. The SMILES string of the molecule is CCCCCCCCCCCC[N-]C(=O)CCCC(C)OS(=O)(=O)O.[Na+]. The van der Waals surface area contributed by atoms with Crippen LogP contribution in [0.15, 0.2) is 0 Å². The Labute approximate surface area is 182 Å². The molecule has 0 aliphatic rings. The van der Waals surface area contributed by atoms with Crippen molar-refractivity contribution in [2.24, 2.45) is 0 Å². The van der Waals surface area contributed by atoms with Crippen molar-refractivity contribution < 1.29 is 51.5 Å². The molecule has 150 valence electrons. The van der Waals surface area contributed by atoms with Crippen molar-refractivity contribution in [3.8, 4) is 0 Å². The molecule has 26 heavy (non-hydrogen) atoms. The number of unbranched alkanes of at least 4 members (excludes halogenated alkanes) is 9. The summed E-state index contributed by atoms with van der Waals surface area (Å²) >= 11 is 0. The number of rotatable bonds is 17. The summed E-state index contributed by atoms with van der Waals surface area (Å²) in [7, 11) is -4.42. The first kappa shape index (κ1) is 28.5. The van der Waals surface area contributed by atoms with E-state index in [-0.39, 0.29) is 41.9 Å². The van der Waals surface area contributed by atoms with Gasteiger partial charge in [0.25, 0.3) is 0 Å². The van der Waals surface area contributed by atoms with Gasteiger partial charge in [0, 0.05) is 0 Å². The molecule has 0 heterocycles. The quantitative estimate of drug-likeness (QED) is 0.229. The molecule has 0 radical (unpaired) electrons. The van der Waals surface area contributed by atoms with Crippen LogP contribution in [0, 0.1) is 0 Å². The molecule has 0 saturated carbocycles. The van der Waals surface area contributed by atoms with E-state index >= 15 is 0 Å². The first-order valence-electron chi connectivity index (χ1n) is 9.71. The maximum absolute atomic E-state index is 11.6. The van der Waals surface area contributed by atoms with Gasteiger partial charge < -0.3 is 10.1 Å². The molecule has 0 rings (SSSR count). The van der Waals surface area contributed by atoms with Crippen LogP contribution < -0.4 is 29.6 Å². The van der Waals surface area contributed by atoms with Crippen molar-refractivity contribution in [3.05, 3.63) is 5.32 Å². The van der Waals surface area contributed by atoms with Gasteiger partial charge in [-0.05, 0) is 26.2 Å². The van der Waals surface area contributed by atoms with Crippen LogP contribution in [-0.4, -0.2) is 31.5 Å². The summed E-state index contributed by atoms with van der Waals surface area (Å²) in [4.78, 5) is 11.6. The minimum absolute atomic E-state index is 0. The van der Waals surface area contributed by atoms with Crippen LogP contribution in [-0.2, 0) is 19.4 Å². The molecular weight excluding hydrogens is 365 g/mol. The first-order valence-corrected chi connectivity index (χ1v) is 11.1. The van der Waals surface area contributed by atoms with Crippen LogP contribution in [0.25, 0.3) is 5.32 Å². The van der Waals surface area contributed by atoms with E-state index in [0.717, 1.165) is 12.8 Å². The second-order valence-corrected chi connectivity index (χ2v) is 7.73. The van der Waals surface area contributed by atoms with Crippen LogP contribution in [0.2, 0.25) is 0 Å². The predicted octanol–water partition coefficient (Wildman–Crippen LogP) is 2.19.